The maximum atomic E-state index is 11.2. The molecule has 0 saturated heterocycles. The Labute approximate surface area is 130 Å². The normalized spacial score (nSPS) is 11.3. The van der Waals surface area contributed by atoms with Crippen LogP contribution in [0.4, 0.5) is 17.2 Å². The van der Waals surface area contributed by atoms with Crippen molar-refractivity contribution in [2.45, 2.75) is 20.0 Å². The summed E-state index contributed by atoms with van der Waals surface area (Å²) in [5.74, 6) is 1.33. The molecule has 1 aromatic carbocycles. The molecule has 0 fully saturated rings. The van der Waals surface area contributed by atoms with Crippen molar-refractivity contribution in [1.82, 2.24) is 4.98 Å². The molecule has 0 unspecified atom stereocenters. The highest BCUT2D eigenvalue weighted by Gasteiger charge is 2.07. The standard InChI is InChI=1S/C15H19N3O3S/c1-11(2)21-14-7-5-4-6-13(14)17-15-9-8-12(10-16-15)18-22(3,19)20/h4-11,18H,1-3H3,(H,16,17). The average Bonchev–Trinajstić information content (AvgIpc) is 2.41. The Morgan fingerprint density at radius 3 is 2.45 bits per heavy atom. The Bertz CT molecular complexity index is 728. The Balaban J connectivity index is 2.14. The van der Waals surface area contributed by atoms with Gasteiger partial charge in [0.1, 0.15) is 11.6 Å². The van der Waals surface area contributed by atoms with E-state index >= 15 is 0 Å². The van der Waals surface area contributed by atoms with Gasteiger partial charge in [-0.25, -0.2) is 13.4 Å². The van der Waals surface area contributed by atoms with Crippen molar-refractivity contribution >= 4 is 27.2 Å². The van der Waals surface area contributed by atoms with E-state index in [1.54, 1.807) is 12.1 Å². The molecule has 0 radical (unpaired) electrons. The summed E-state index contributed by atoms with van der Waals surface area (Å²) in [5, 5.41) is 3.15. The second-order valence-electron chi connectivity index (χ2n) is 5.09. The lowest BCUT2D eigenvalue weighted by atomic mass is 10.3. The highest BCUT2D eigenvalue weighted by Crippen LogP contribution is 2.27. The molecular formula is C15H19N3O3S. The van der Waals surface area contributed by atoms with Gasteiger partial charge < -0.3 is 10.1 Å². The van der Waals surface area contributed by atoms with Crippen molar-refractivity contribution in [3.05, 3.63) is 42.6 Å². The fourth-order valence-electron chi connectivity index (χ4n) is 1.81. The molecule has 0 saturated carbocycles. The van der Waals surface area contributed by atoms with Gasteiger partial charge in [-0.3, -0.25) is 4.72 Å². The first-order valence-corrected chi connectivity index (χ1v) is 8.69. The molecule has 2 N–H and O–H groups in total. The van der Waals surface area contributed by atoms with E-state index in [4.69, 9.17) is 4.74 Å². The van der Waals surface area contributed by atoms with Crippen LogP contribution in [0.5, 0.6) is 5.75 Å². The van der Waals surface area contributed by atoms with Crippen LogP contribution in [0.15, 0.2) is 42.6 Å². The van der Waals surface area contributed by atoms with E-state index in [2.05, 4.69) is 15.0 Å². The van der Waals surface area contributed by atoms with Crippen LogP contribution in [0, 0.1) is 0 Å². The summed E-state index contributed by atoms with van der Waals surface area (Å²) in [6.45, 7) is 3.92. The molecule has 2 aromatic rings. The van der Waals surface area contributed by atoms with Crippen molar-refractivity contribution in [2.75, 3.05) is 16.3 Å². The molecule has 22 heavy (non-hydrogen) atoms. The second-order valence-corrected chi connectivity index (χ2v) is 6.84. The van der Waals surface area contributed by atoms with E-state index in [0.717, 1.165) is 17.7 Å². The van der Waals surface area contributed by atoms with Crippen LogP contribution < -0.4 is 14.8 Å². The smallest absolute Gasteiger partial charge is 0.229 e. The number of sulfonamides is 1. The number of rotatable bonds is 6. The summed E-state index contributed by atoms with van der Waals surface area (Å²) in [6.07, 6.45) is 2.62. The number of anilines is 3. The number of aromatic nitrogens is 1. The number of benzene rings is 1. The molecule has 0 amide bonds. The van der Waals surface area contributed by atoms with Gasteiger partial charge in [0, 0.05) is 0 Å². The zero-order valence-corrected chi connectivity index (χ0v) is 13.5. The first-order chi connectivity index (χ1) is 10.3. The minimum absolute atomic E-state index is 0.0669. The lowest BCUT2D eigenvalue weighted by molar-refractivity contribution is 0.244. The molecule has 1 aromatic heterocycles. The quantitative estimate of drug-likeness (QED) is 0.855. The molecule has 0 aliphatic rings. The zero-order valence-electron chi connectivity index (χ0n) is 12.7. The van der Waals surface area contributed by atoms with Crippen molar-refractivity contribution in [3.63, 3.8) is 0 Å². The molecule has 6 nitrogen and oxygen atoms in total. The van der Waals surface area contributed by atoms with Crippen molar-refractivity contribution in [2.24, 2.45) is 0 Å². The molecular weight excluding hydrogens is 302 g/mol. The fraction of sp³-hybridized carbons (Fsp3) is 0.267. The van der Waals surface area contributed by atoms with Gasteiger partial charge in [0.05, 0.1) is 29.9 Å². The van der Waals surface area contributed by atoms with Crippen molar-refractivity contribution < 1.29 is 13.2 Å². The summed E-state index contributed by atoms with van der Waals surface area (Å²) < 4.78 is 30.4. The molecule has 118 valence electrons. The monoisotopic (exact) mass is 321 g/mol. The highest BCUT2D eigenvalue weighted by atomic mass is 32.2. The summed E-state index contributed by atoms with van der Waals surface area (Å²) in [5.41, 5.74) is 1.22. The molecule has 0 aliphatic heterocycles. The van der Waals surface area contributed by atoms with Gasteiger partial charge in [0.15, 0.2) is 0 Å². The van der Waals surface area contributed by atoms with E-state index in [1.807, 2.05) is 38.1 Å². The highest BCUT2D eigenvalue weighted by molar-refractivity contribution is 7.92. The predicted molar refractivity (Wildman–Crippen MR) is 88.2 cm³/mol. The second kappa shape index (κ2) is 6.65. The molecule has 1 heterocycles. The average molecular weight is 321 g/mol. The fourth-order valence-corrected chi connectivity index (χ4v) is 2.36. The van der Waals surface area contributed by atoms with Crippen LogP contribution in [0.3, 0.4) is 0 Å². The molecule has 0 spiro atoms. The number of nitrogens with zero attached hydrogens (tertiary/aromatic N) is 1. The number of ether oxygens (including phenoxy) is 1. The Morgan fingerprint density at radius 2 is 1.86 bits per heavy atom. The van der Waals surface area contributed by atoms with Crippen molar-refractivity contribution in [3.8, 4) is 5.75 Å². The van der Waals surface area contributed by atoms with Gasteiger partial charge in [-0.15, -0.1) is 0 Å². The first kappa shape index (κ1) is 16.1. The van der Waals surface area contributed by atoms with Crippen LogP contribution in [-0.4, -0.2) is 25.8 Å². The maximum absolute atomic E-state index is 11.2. The third-order valence-corrected chi connectivity index (χ3v) is 3.19. The topological polar surface area (TPSA) is 80.3 Å². The van der Waals surface area contributed by atoms with E-state index in [9.17, 15) is 8.42 Å². The van der Waals surface area contributed by atoms with E-state index in [1.165, 1.54) is 6.20 Å². The van der Waals surface area contributed by atoms with Crippen molar-refractivity contribution in [1.29, 1.82) is 0 Å². The lowest BCUT2D eigenvalue weighted by Gasteiger charge is -2.15. The Morgan fingerprint density at radius 1 is 1.14 bits per heavy atom. The largest absolute Gasteiger partial charge is 0.489 e. The van der Waals surface area contributed by atoms with E-state index < -0.39 is 10.0 Å². The lowest BCUT2D eigenvalue weighted by Crippen LogP contribution is -2.10. The van der Waals surface area contributed by atoms with Crippen LogP contribution in [0.1, 0.15) is 13.8 Å². The number of para-hydroxylation sites is 2. The number of pyridine rings is 1. The van der Waals surface area contributed by atoms with E-state index in [-0.39, 0.29) is 6.10 Å². The number of hydrogen-bond donors (Lipinski definition) is 2. The van der Waals surface area contributed by atoms with Gasteiger partial charge in [-0.05, 0) is 38.1 Å². The summed E-state index contributed by atoms with van der Waals surface area (Å²) in [7, 11) is -3.30. The summed E-state index contributed by atoms with van der Waals surface area (Å²) >= 11 is 0. The summed E-state index contributed by atoms with van der Waals surface area (Å²) in [6, 6.07) is 10.9. The third kappa shape index (κ3) is 4.92. The minimum atomic E-state index is -3.30. The molecule has 2 rings (SSSR count). The molecule has 0 aliphatic carbocycles. The predicted octanol–water partition coefficient (Wildman–Crippen LogP) is 2.98. The molecule has 7 heteroatoms. The Kier molecular flexibility index (Phi) is 4.87. The number of hydrogen-bond acceptors (Lipinski definition) is 5. The van der Waals surface area contributed by atoms with Crippen LogP contribution in [0.25, 0.3) is 0 Å². The van der Waals surface area contributed by atoms with Gasteiger partial charge >= 0.3 is 0 Å². The minimum Gasteiger partial charge on any atom is -0.489 e. The van der Waals surface area contributed by atoms with Gasteiger partial charge in [-0.1, -0.05) is 12.1 Å². The molecule has 0 bridgehead atoms. The van der Waals surface area contributed by atoms with Gasteiger partial charge in [0.2, 0.25) is 10.0 Å². The van der Waals surface area contributed by atoms with Crippen LogP contribution >= 0.6 is 0 Å². The zero-order chi connectivity index (χ0) is 16.2. The van der Waals surface area contributed by atoms with E-state index in [0.29, 0.717) is 11.5 Å². The first-order valence-electron chi connectivity index (χ1n) is 6.80. The van der Waals surface area contributed by atoms with Gasteiger partial charge in [0.25, 0.3) is 0 Å². The SMILES string of the molecule is CC(C)Oc1ccccc1Nc1ccc(NS(C)(=O)=O)cn1. The summed E-state index contributed by atoms with van der Waals surface area (Å²) in [4.78, 5) is 4.18. The number of nitrogens with one attached hydrogen (secondary N) is 2. The maximum Gasteiger partial charge on any atom is 0.229 e. The third-order valence-electron chi connectivity index (χ3n) is 2.58. The molecule has 0 atom stereocenters. The van der Waals surface area contributed by atoms with Crippen LogP contribution in [-0.2, 0) is 10.0 Å². The van der Waals surface area contributed by atoms with Gasteiger partial charge in [-0.2, -0.15) is 0 Å². The Hall–Kier alpha value is -2.28. The van der Waals surface area contributed by atoms with Crippen LogP contribution in [0.2, 0.25) is 0 Å².